The van der Waals surface area contributed by atoms with E-state index in [0.717, 1.165) is 25.7 Å². The Morgan fingerprint density at radius 3 is 2.76 bits per heavy atom. The molecule has 98 valence electrons. The first-order valence-electron chi connectivity index (χ1n) is 6.42. The zero-order valence-corrected chi connectivity index (χ0v) is 10.9. The van der Waals surface area contributed by atoms with Gasteiger partial charge < -0.3 is 15.2 Å². The molecular formula is C13H24N2O2. The molecule has 0 spiro atoms. The van der Waals surface area contributed by atoms with Crippen molar-refractivity contribution in [3.63, 3.8) is 0 Å². The van der Waals surface area contributed by atoms with Gasteiger partial charge in [-0.25, -0.2) is 0 Å². The molecule has 0 saturated heterocycles. The smallest absolute Gasteiger partial charge is 0.101 e. The van der Waals surface area contributed by atoms with Crippen molar-refractivity contribution < 1.29 is 9.47 Å². The van der Waals surface area contributed by atoms with Crippen LogP contribution in [0.2, 0.25) is 0 Å². The molecule has 0 aromatic rings. The summed E-state index contributed by atoms with van der Waals surface area (Å²) in [6.45, 7) is 2.45. The first-order chi connectivity index (χ1) is 8.07. The lowest BCUT2D eigenvalue weighted by atomic mass is 9.95. The highest BCUT2D eigenvalue weighted by molar-refractivity contribution is 5.00. The fraction of sp³-hybridized carbons (Fsp3) is 0.923. The molecule has 1 saturated carbocycles. The van der Waals surface area contributed by atoms with Crippen LogP contribution in [-0.2, 0) is 9.47 Å². The molecule has 4 nitrogen and oxygen atoms in total. The topological polar surface area (TPSA) is 68.3 Å². The minimum Gasteiger partial charge on any atom is -0.381 e. The van der Waals surface area contributed by atoms with E-state index in [-0.39, 0.29) is 0 Å². The lowest BCUT2D eigenvalue weighted by Crippen LogP contribution is -2.34. The van der Waals surface area contributed by atoms with Crippen molar-refractivity contribution in [1.29, 1.82) is 5.26 Å². The van der Waals surface area contributed by atoms with Gasteiger partial charge in [0, 0.05) is 13.7 Å². The molecule has 0 bridgehead atoms. The Hall–Kier alpha value is -0.630. The quantitative estimate of drug-likeness (QED) is 0.721. The van der Waals surface area contributed by atoms with Gasteiger partial charge >= 0.3 is 0 Å². The van der Waals surface area contributed by atoms with Crippen LogP contribution in [0.25, 0.3) is 0 Å². The van der Waals surface area contributed by atoms with E-state index in [0.29, 0.717) is 25.2 Å². The maximum atomic E-state index is 8.78. The SMILES string of the molecule is COC1CCCC(OCCCC(C)(N)C#N)C1. The third-order valence-corrected chi connectivity index (χ3v) is 3.36. The fourth-order valence-corrected chi connectivity index (χ4v) is 2.21. The second kappa shape index (κ2) is 6.95. The maximum absolute atomic E-state index is 8.78. The van der Waals surface area contributed by atoms with Crippen LogP contribution in [-0.4, -0.2) is 31.5 Å². The van der Waals surface area contributed by atoms with Gasteiger partial charge in [0.15, 0.2) is 0 Å². The molecule has 0 heterocycles. The number of nitrogens with two attached hydrogens (primary N) is 1. The van der Waals surface area contributed by atoms with E-state index in [1.165, 1.54) is 6.42 Å². The number of rotatable bonds is 6. The number of methoxy groups -OCH3 is 1. The van der Waals surface area contributed by atoms with Crippen molar-refractivity contribution in [3.8, 4) is 6.07 Å². The summed E-state index contributed by atoms with van der Waals surface area (Å²) in [6, 6.07) is 2.10. The second-order valence-corrected chi connectivity index (χ2v) is 5.15. The van der Waals surface area contributed by atoms with Gasteiger partial charge in [-0.15, -0.1) is 0 Å². The minimum atomic E-state index is -0.717. The molecule has 0 aromatic carbocycles. The zero-order valence-electron chi connectivity index (χ0n) is 10.9. The molecule has 1 rings (SSSR count). The summed E-state index contributed by atoms with van der Waals surface area (Å²) in [5.41, 5.74) is 5.02. The first-order valence-corrected chi connectivity index (χ1v) is 6.42. The monoisotopic (exact) mass is 240 g/mol. The Balaban J connectivity index is 2.12. The Morgan fingerprint density at radius 2 is 2.12 bits per heavy atom. The van der Waals surface area contributed by atoms with Gasteiger partial charge in [0.05, 0.1) is 18.3 Å². The highest BCUT2D eigenvalue weighted by Gasteiger charge is 2.22. The number of ether oxygens (including phenoxy) is 2. The van der Waals surface area contributed by atoms with E-state index < -0.39 is 5.54 Å². The van der Waals surface area contributed by atoms with Gasteiger partial charge in [0.1, 0.15) is 5.54 Å². The van der Waals surface area contributed by atoms with Crippen LogP contribution in [0.15, 0.2) is 0 Å². The molecule has 3 unspecified atom stereocenters. The highest BCUT2D eigenvalue weighted by atomic mass is 16.5. The average Bonchev–Trinajstić information content (AvgIpc) is 2.35. The van der Waals surface area contributed by atoms with Crippen LogP contribution < -0.4 is 5.73 Å². The summed E-state index contributed by atoms with van der Waals surface area (Å²) in [6.07, 6.45) is 6.64. The zero-order chi connectivity index (χ0) is 12.7. The van der Waals surface area contributed by atoms with Crippen LogP contribution in [0.5, 0.6) is 0 Å². The van der Waals surface area contributed by atoms with Gasteiger partial charge in [-0.3, -0.25) is 0 Å². The number of hydrogen-bond donors (Lipinski definition) is 1. The molecule has 2 N–H and O–H groups in total. The van der Waals surface area contributed by atoms with Crippen LogP contribution in [0.1, 0.15) is 45.4 Å². The maximum Gasteiger partial charge on any atom is 0.101 e. The molecule has 0 amide bonds. The lowest BCUT2D eigenvalue weighted by Gasteiger charge is -2.28. The van der Waals surface area contributed by atoms with Crippen LogP contribution in [0, 0.1) is 11.3 Å². The summed E-state index contributed by atoms with van der Waals surface area (Å²) in [7, 11) is 1.76. The molecule has 1 aliphatic rings. The van der Waals surface area contributed by atoms with E-state index in [4.69, 9.17) is 20.5 Å². The van der Waals surface area contributed by atoms with Crippen molar-refractivity contribution in [1.82, 2.24) is 0 Å². The number of nitrogens with zero attached hydrogens (tertiary/aromatic N) is 1. The molecule has 3 atom stereocenters. The molecule has 0 aromatic heterocycles. The second-order valence-electron chi connectivity index (χ2n) is 5.15. The van der Waals surface area contributed by atoms with E-state index in [2.05, 4.69) is 6.07 Å². The van der Waals surface area contributed by atoms with Crippen LogP contribution in [0.4, 0.5) is 0 Å². The molecule has 4 heteroatoms. The average molecular weight is 240 g/mol. The summed E-state index contributed by atoms with van der Waals surface area (Å²) < 4.78 is 11.2. The largest absolute Gasteiger partial charge is 0.381 e. The normalized spacial score (nSPS) is 28.4. The molecular weight excluding hydrogens is 216 g/mol. The number of nitriles is 1. The summed E-state index contributed by atoms with van der Waals surface area (Å²) in [5, 5.41) is 8.78. The van der Waals surface area contributed by atoms with E-state index in [1.807, 2.05) is 0 Å². The predicted octanol–water partition coefficient (Wildman–Crippen LogP) is 1.98. The van der Waals surface area contributed by atoms with Gasteiger partial charge in [0.25, 0.3) is 0 Å². The Labute approximate surface area is 104 Å². The van der Waals surface area contributed by atoms with Gasteiger partial charge in [-0.1, -0.05) is 0 Å². The van der Waals surface area contributed by atoms with Gasteiger partial charge in [-0.05, 0) is 45.4 Å². The van der Waals surface area contributed by atoms with Gasteiger partial charge in [-0.2, -0.15) is 5.26 Å². The molecule has 1 fully saturated rings. The first kappa shape index (κ1) is 14.4. The highest BCUT2D eigenvalue weighted by Crippen LogP contribution is 2.23. The third-order valence-electron chi connectivity index (χ3n) is 3.36. The molecule has 17 heavy (non-hydrogen) atoms. The number of hydrogen-bond acceptors (Lipinski definition) is 4. The van der Waals surface area contributed by atoms with Crippen molar-refractivity contribution >= 4 is 0 Å². The predicted molar refractivity (Wildman–Crippen MR) is 66.4 cm³/mol. The Morgan fingerprint density at radius 1 is 1.41 bits per heavy atom. The Kier molecular flexibility index (Phi) is 5.90. The molecule has 0 radical (unpaired) electrons. The van der Waals surface area contributed by atoms with Gasteiger partial charge in [0.2, 0.25) is 0 Å². The molecule has 0 aliphatic heterocycles. The summed E-state index contributed by atoms with van der Waals surface area (Å²) in [5.74, 6) is 0. The van der Waals surface area contributed by atoms with Crippen LogP contribution >= 0.6 is 0 Å². The lowest BCUT2D eigenvalue weighted by molar-refractivity contribution is -0.0307. The van der Waals surface area contributed by atoms with Crippen LogP contribution in [0.3, 0.4) is 0 Å². The summed E-state index contributed by atoms with van der Waals surface area (Å²) >= 11 is 0. The fourth-order valence-electron chi connectivity index (χ4n) is 2.21. The van der Waals surface area contributed by atoms with Crippen molar-refractivity contribution in [2.45, 2.75) is 63.2 Å². The van der Waals surface area contributed by atoms with E-state index >= 15 is 0 Å². The van der Waals surface area contributed by atoms with Crippen molar-refractivity contribution in [2.75, 3.05) is 13.7 Å². The van der Waals surface area contributed by atoms with Crippen molar-refractivity contribution in [3.05, 3.63) is 0 Å². The Bertz CT molecular complexity index is 261. The summed E-state index contributed by atoms with van der Waals surface area (Å²) in [4.78, 5) is 0. The third kappa shape index (κ3) is 5.49. The minimum absolute atomic E-state index is 0.319. The van der Waals surface area contributed by atoms with E-state index in [1.54, 1.807) is 14.0 Å². The van der Waals surface area contributed by atoms with E-state index in [9.17, 15) is 0 Å². The van der Waals surface area contributed by atoms with Crippen molar-refractivity contribution in [2.24, 2.45) is 5.73 Å². The standard InChI is InChI=1S/C13H24N2O2/c1-13(15,10-14)7-4-8-17-12-6-3-5-11(9-12)16-2/h11-12H,3-9,15H2,1-2H3. The molecule has 1 aliphatic carbocycles.